The van der Waals surface area contributed by atoms with Gasteiger partial charge in [0.25, 0.3) is 0 Å². The Bertz CT molecular complexity index is 673. The summed E-state index contributed by atoms with van der Waals surface area (Å²) in [4.78, 5) is 4.09. The molecule has 0 fully saturated rings. The minimum absolute atomic E-state index is 0.192. The van der Waals surface area contributed by atoms with Crippen LogP contribution < -0.4 is 0 Å². The molecule has 2 rings (SSSR count). The third-order valence-corrected chi connectivity index (χ3v) is 3.69. The highest BCUT2D eigenvalue weighted by atomic mass is 32.2. The van der Waals surface area contributed by atoms with Gasteiger partial charge in [0.1, 0.15) is 5.75 Å². The van der Waals surface area contributed by atoms with E-state index in [9.17, 15) is 8.42 Å². The molecule has 0 N–H and O–H groups in total. The number of nitrogens with zero attached hydrogens (tertiary/aromatic N) is 2. The number of aromatic nitrogens is 2. The van der Waals surface area contributed by atoms with Crippen LogP contribution in [0.25, 0.3) is 0 Å². The SMILES string of the molecule is CC(C)c1ccc(Cc2nc(CS(C)(=O)=O)no2)cc1. The van der Waals surface area contributed by atoms with Crippen LogP contribution in [0.15, 0.2) is 28.8 Å². The zero-order valence-corrected chi connectivity index (χ0v) is 12.6. The quantitative estimate of drug-likeness (QED) is 0.846. The van der Waals surface area contributed by atoms with E-state index >= 15 is 0 Å². The van der Waals surface area contributed by atoms with Gasteiger partial charge in [-0.05, 0) is 17.0 Å². The third-order valence-electron chi connectivity index (χ3n) is 2.90. The fourth-order valence-electron chi connectivity index (χ4n) is 1.85. The molecule has 0 radical (unpaired) electrons. The van der Waals surface area contributed by atoms with Crippen LogP contribution in [-0.2, 0) is 22.0 Å². The van der Waals surface area contributed by atoms with Crippen LogP contribution in [0.3, 0.4) is 0 Å². The van der Waals surface area contributed by atoms with Gasteiger partial charge < -0.3 is 4.52 Å². The maximum Gasteiger partial charge on any atom is 0.231 e. The Morgan fingerprint density at radius 3 is 2.40 bits per heavy atom. The van der Waals surface area contributed by atoms with Crippen molar-refractivity contribution in [1.29, 1.82) is 0 Å². The van der Waals surface area contributed by atoms with E-state index < -0.39 is 9.84 Å². The number of benzene rings is 1. The molecule has 0 atom stereocenters. The Morgan fingerprint density at radius 1 is 1.20 bits per heavy atom. The van der Waals surface area contributed by atoms with E-state index in [0.717, 1.165) is 11.8 Å². The maximum atomic E-state index is 11.1. The normalized spacial score (nSPS) is 12.0. The second-order valence-electron chi connectivity index (χ2n) is 5.25. The van der Waals surface area contributed by atoms with Crippen molar-refractivity contribution in [2.75, 3.05) is 6.26 Å². The summed E-state index contributed by atoms with van der Waals surface area (Å²) in [5, 5.41) is 3.68. The van der Waals surface area contributed by atoms with Crippen molar-refractivity contribution in [3.8, 4) is 0 Å². The van der Waals surface area contributed by atoms with Crippen LogP contribution in [0.2, 0.25) is 0 Å². The lowest BCUT2D eigenvalue weighted by molar-refractivity contribution is 0.380. The van der Waals surface area contributed by atoms with E-state index in [1.165, 1.54) is 5.56 Å². The van der Waals surface area contributed by atoms with E-state index in [4.69, 9.17) is 4.52 Å². The summed E-state index contributed by atoms with van der Waals surface area (Å²) in [6, 6.07) is 8.20. The number of rotatable bonds is 5. The molecule has 0 aliphatic rings. The van der Waals surface area contributed by atoms with Crippen LogP contribution >= 0.6 is 0 Å². The molecule has 0 aliphatic carbocycles. The van der Waals surface area contributed by atoms with E-state index in [1.54, 1.807) is 0 Å². The van der Waals surface area contributed by atoms with Crippen molar-refractivity contribution in [2.24, 2.45) is 0 Å². The highest BCUT2D eigenvalue weighted by Crippen LogP contribution is 2.16. The molecule has 5 nitrogen and oxygen atoms in total. The zero-order chi connectivity index (χ0) is 14.8. The lowest BCUT2D eigenvalue weighted by Gasteiger charge is -2.05. The lowest BCUT2D eigenvalue weighted by Crippen LogP contribution is -2.02. The molecule has 20 heavy (non-hydrogen) atoms. The molecular weight excluding hydrogens is 276 g/mol. The third kappa shape index (κ3) is 4.16. The highest BCUT2D eigenvalue weighted by molar-refractivity contribution is 7.89. The maximum absolute atomic E-state index is 11.1. The van der Waals surface area contributed by atoms with Gasteiger partial charge in [0.2, 0.25) is 5.89 Å². The summed E-state index contributed by atoms with van der Waals surface area (Å²) in [6.45, 7) is 4.29. The van der Waals surface area contributed by atoms with Gasteiger partial charge in [-0.3, -0.25) is 0 Å². The van der Waals surface area contributed by atoms with Crippen LogP contribution in [0.1, 0.15) is 42.6 Å². The molecule has 0 bridgehead atoms. The average molecular weight is 294 g/mol. The summed E-state index contributed by atoms with van der Waals surface area (Å²) in [5.74, 6) is 0.944. The predicted molar refractivity (Wildman–Crippen MR) is 76.2 cm³/mol. The molecule has 0 aliphatic heterocycles. The summed E-state index contributed by atoms with van der Waals surface area (Å²) in [5.41, 5.74) is 2.33. The number of sulfone groups is 1. The zero-order valence-electron chi connectivity index (χ0n) is 11.8. The lowest BCUT2D eigenvalue weighted by atomic mass is 10.0. The standard InChI is InChI=1S/C14H18N2O3S/c1-10(2)12-6-4-11(5-7-12)8-14-15-13(16-19-14)9-20(3,17)18/h4-7,10H,8-9H2,1-3H3. The van der Waals surface area contributed by atoms with Crippen molar-refractivity contribution >= 4 is 9.84 Å². The Hall–Kier alpha value is -1.69. The van der Waals surface area contributed by atoms with Gasteiger partial charge in [-0.1, -0.05) is 43.3 Å². The molecule has 1 heterocycles. The van der Waals surface area contributed by atoms with Gasteiger partial charge in [-0.2, -0.15) is 4.98 Å². The molecule has 0 unspecified atom stereocenters. The van der Waals surface area contributed by atoms with Gasteiger partial charge in [-0.15, -0.1) is 0 Å². The van der Waals surface area contributed by atoms with Crippen molar-refractivity contribution in [2.45, 2.75) is 31.9 Å². The Labute approximate surface area is 118 Å². The first-order valence-electron chi connectivity index (χ1n) is 6.41. The average Bonchev–Trinajstić information content (AvgIpc) is 2.74. The summed E-state index contributed by atoms with van der Waals surface area (Å²) < 4.78 is 27.4. The van der Waals surface area contributed by atoms with Gasteiger partial charge in [0, 0.05) is 6.26 Å². The van der Waals surface area contributed by atoms with Crippen LogP contribution in [-0.4, -0.2) is 24.8 Å². The number of hydrogen-bond donors (Lipinski definition) is 0. The smallest absolute Gasteiger partial charge is 0.231 e. The molecule has 0 saturated carbocycles. The topological polar surface area (TPSA) is 73.1 Å². The molecule has 108 valence electrons. The van der Waals surface area contributed by atoms with Crippen molar-refractivity contribution in [3.63, 3.8) is 0 Å². The van der Waals surface area contributed by atoms with E-state index in [0.29, 0.717) is 18.2 Å². The molecule has 2 aromatic rings. The minimum atomic E-state index is -3.14. The molecule has 0 saturated heterocycles. The van der Waals surface area contributed by atoms with E-state index in [2.05, 4.69) is 36.1 Å². The van der Waals surface area contributed by atoms with E-state index in [1.807, 2.05) is 12.1 Å². The highest BCUT2D eigenvalue weighted by Gasteiger charge is 2.12. The minimum Gasteiger partial charge on any atom is -0.339 e. The first-order valence-corrected chi connectivity index (χ1v) is 8.47. The van der Waals surface area contributed by atoms with Gasteiger partial charge in [0.05, 0.1) is 6.42 Å². The molecule has 0 amide bonds. The molecule has 1 aromatic carbocycles. The molecule has 6 heteroatoms. The summed E-state index contributed by atoms with van der Waals surface area (Å²) >= 11 is 0. The molecular formula is C14H18N2O3S. The Kier molecular flexibility index (Phi) is 4.23. The van der Waals surface area contributed by atoms with Crippen molar-refractivity contribution in [3.05, 3.63) is 47.1 Å². The fraction of sp³-hybridized carbons (Fsp3) is 0.429. The van der Waals surface area contributed by atoms with Crippen molar-refractivity contribution in [1.82, 2.24) is 10.1 Å². The molecule has 0 spiro atoms. The molecule has 1 aromatic heterocycles. The van der Waals surface area contributed by atoms with Crippen LogP contribution in [0.5, 0.6) is 0 Å². The summed E-state index contributed by atoms with van der Waals surface area (Å²) in [7, 11) is -3.14. The fourth-order valence-corrected chi connectivity index (χ4v) is 2.44. The van der Waals surface area contributed by atoms with E-state index in [-0.39, 0.29) is 11.6 Å². The van der Waals surface area contributed by atoms with Gasteiger partial charge >= 0.3 is 0 Å². The monoisotopic (exact) mass is 294 g/mol. The second-order valence-corrected chi connectivity index (χ2v) is 7.39. The second kappa shape index (κ2) is 5.75. The van der Waals surface area contributed by atoms with Gasteiger partial charge in [0.15, 0.2) is 15.7 Å². The predicted octanol–water partition coefficient (Wildman–Crippen LogP) is 2.33. The first kappa shape index (κ1) is 14.7. The summed E-state index contributed by atoms with van der Waals surface area (Å²) in [6.07, 6.45) is 1.66. The van der Waals surface area contributed by atoms with Gasteiger partial charge in [-0.25, -0.2) is 8.42 Å². The van der Waals surface area contributed by atoms with Crippen molar-refractivity contribution < 1.29 is 12.9 Å². The van der Waals surface area contributed by atoms with Crippen LogP contribution in [0, 0.1) is 0 Å². The number of hydrogen-bond acceptors (Lipinski definition) is 5. The Morgan fingerprint density at radius 2 is 1.85 bits per heavy atom. The first-order chi connectivity index (χ1) is 9.33. The van der Waals surface area contributed by atoms with Crippen LogP contribution in [0.4, 0.5) is 0 Å². The Balaban J connectivity index is 2.07. The largest absolute Gasteiger partial charge is 0.339 e.